The fourth-order valence-electron chi connectivity index (χ4n) is 4.69. The summed E-state index contributed by atoms with van der Waals surface area (Å²) in [5.74, 6) is 0.289. The molecule has 3 aromatic rings. The van der Waals surface area contributed by atoms with Crippen molar-refractivity contribution in [1.82, 2.24) is 14.4 Å². The summed E-state index contributed by atoms with van der Waals surface area (Å²) in [5, 5.41) is 0. The van der Waals surface area contributed by atoms with Crippen LogP contribution in [0.1, 0.15) is 53.3 Å². The van der Waals surface area contributed by atoms with Crippen LogP contribution in [0.3, 0.4) is 0 Å². The zero-order valence-corrected chi connectivity index (χ0v) is 21.6. The average Bonchev–Trinajstić information content (AvgIpc) is 3.15. The van der Waals surface area contributed by atoms with Crippen LogP contribution in [0.15, 0.2) is 47.6 Å². The van der Waals surface area contributed by atoms with E-state index >= 15 is 0 Å². The maximum Gasteiger partial charge on any atom is 0.200 e. The first-order valence-corrected chi connectivity index (χ1v) is 13.6. The highest BCUT2D eigenvalue weighted by molar-refractivity contribution is 9.10. The first kappa shape index (κ1) is 23.9. The molecule has 0 spiro atoms. The molecule has 0 aliphatic heterocycles. The number of hydrogen-bond acceptors (Lipinski definition) is 4. The van der Waals surface area contributed by atoms with Crippen molar-refractivity contribution in [2.75, 3.05) is 6.61 Å². The van der Waals surface area contributed by atoms with Gasteiger partial charge in [-0.1, -0.05) is 41.5 Å². The second-order valence-electron chi connectivity index (χ2n) is 8.85. The van der Waals surface area contributed by atoms with Gasteiger partial charge >= 0.3 is 0 Å². The fourth-order valence-corrected chi connectivity index (χ4v) is 10.6. The third-order valence-electron chi connectivity index (χ3n) is 5.99. The summed E-state index contributed by atoms with van der Waals surface area (Å²) < 4.78 is 29.6. The van der Waals surface area contributed by atoms with E-state index in [2.05, 4.69) is 67.4 Å². The van der Waals surface area contributed by atoms with E-state index in [9.17, 15) is 4.39 Å². The Balaban J connectivity index is 1.97. The van der Waals surface area contributed by atoms with Crippen molar-refractivity contribution in [2.45, 2.75) is 64.3 Å². The number of hydrogen-bond donors (Lipinski definition) is 0. The zero-order valence-electron chi connectivity index (χ0n) is 19.0. The smallest absolute Gasteiger partial charge is 0.200 e. The number of fused-ring (bicyclic) bond motifs is 1. The van der Waals surface area contributed by atoms with Gasteiger partial charge in [-0.15, -0.1) is 0 Å². The molecule has 0 fully saturated rings. The van der Waals surface area contributed by atoms with Crippen molar-refractivity contribution in [3.63, 3.8) is 0 Å². The highest BCUT2D eigenvalue weighted by Gasteiger charge is 2.45. The molecular weight excluding hydrogens is 477 g/mol. The Bertz CT molecular complexity index is 986. The van der Waals surface area contributed by atoms with Crippen LogP contribution in [0, 0.1) is 5.82 Å². The van der Waals surface area contributed by atoms with Gasteiger partial charge in [0.05, 0.1) is 31.0 Å². The zero-order chi connectivity index (χ0) is 22.8. The molecule has 168 valence electrons. The van der Waals surface area contributed by atoms with Gasteiger partial charge in [-0.25, -0.2) is 9.37 Å². The van der Waals surface area contributed by atoms with Crippen molar-refractivity contribution < 1.29 is 13.6 Å². The Labute approximate surface area is 193 Å². The number of nitrogens with zero attached hydrogens (tertiary/aromatic N) is 3. The Morgan fingerprint density at radius 1 is 1.06 bits per heavy atom. The minimum atomic E-state index is -2.11. The highest BCUT2D eigenvalue weighted by atomic mass is 79.9. The topological polar surface area (TPSA) is 48.7 Å². The van der Waals surface area contributed by atoms with Gasteiger partial charge in [0.1, 0.15) is 17.1 Å². The maximum absolute atomic E-state index is 13.5. The number of imidazole rings is 1. The molecule has 0 bridgehead atoms. The predicted octanol–water partition coefficient (Wildman–Crippen LogP) is 6.94. The molecule has 8 heteroatoms. The summed E-state index contributed by atoms with van der Waals surface area (Å²) >= 11 is 3.53. The molecule has 0 aromatic carbocycles. The number of halogens is 2. The summed E-state index contributed by atoms with van der Waals surface area (Å²) in [6.07, 6.45) is 6.15. The second-order valence-corrected chi connectivity index (χ2v) is 15.2. The molecule has 0 radical (unpaired) electrons. The fraction of sp³-hybridized carbons (Fsp3) is 0.478. The highest BCUT2D eigenvalue weighted by Crippen LogP contribution is 2.43. The Morgan fingerprint density at radius 2 is 1.74 bits per heavy atom. The van der Waals surface area contributed by atoms with Crippen LogP contribution in [-0.4, -0.2) is 29.3 Å². The van der Waals surface area contributed by atoms with Crippen molar-refractivity contribution in [1.29, 1.82) is 0 Å². The van der Waals surface area contributed by atoms with Gasteiger partial charge in [0.15, 0.2) is 6.10 Å². The van der Waals surface area contributed by atoms with E-state index in [0.29, 0.717) is 34.7 Å². The minimum absolute atomic E-state index is 0.353. The lowest BCUT2D eigenvalue weighted by Crippen LogP contribution is -2.48. The van der Waals surface area contributed by atoms with E-state index in [1.54, 1.807) is 18.6 Å². The van der Waals surface area contributed by atoms with Crippen LogP contribution in [0.4, 0.5) is 4.39 Å². The van der Waals surface area contributed by atoms with Gasteiger partial charge in [0.2, 0.25) is 8.32 Å². The molecule has 0 amide bonds. The van der Waals surface area contributed by atoms with E-state index in [4.69, 9.17) is 9.16 Å². The van der Waals surface area contributed by atoms with Crippen LogP contribution in [-0.2, 0) is 4.43 Å². The van der Waals surface area contributed by atoms with Crippen molar-refractivity contribution in [3.05, 3.63) is 59.1 Å². The van der Waals surface area contributed by atoms with Crippen molar-refractivity contribution in [2.24, 2.45) is 0 Å². The standard InChI is InChI=1S/C23H31BrFN3O2Si/c1-15(2)31(16(3)4,17(5)6)29-13-23(20-8-7-19(25)10-27-20)30-22-9-18(24)12-28-14-26-11-21(22)28/h7-12,14-17,23H,13H2,1-6H3. The third-order valence-corrected chi connectivity index (χ3v) is 12.5. The van der Waals surface area contributed by atoms with Crippen LogP contribution < -0.4 is 4.74 Å². The number of pyridine rings is 2. The maximum atomic E-state index is 13.5. The van der Waals surface area contributed by atoms with Gasteiger partial charge in [-0.05, 0) is 50.8 Å². The SMILES string of the molecule is CC(C)[Si](OCC(Oc1cc(Br)cn2cncc12)c1ccc(F)cn1)(C(C)C)C(C)C. The first-order chi connectivity index (χ1) is 14.6. The normalized spacial score (nSPS) is 13.5. The molecule has 31 heavy (non-hydrogen) atoms. The first-order valence-electron chi connectivity index (χ1n) is 10.7. The van der Waals surface area contributed by atoms with E-state index in [0.717, 1.165) is 9.99 Å². The van der Waals surface area contributed by atoms with E-state index in [-0.39, 0.29) is 5.82 Å². The molecule has 0 aliphatic carbocycles. The van der Waals surface area contributed by atoms with Gasteiger partial charge in [0, 0.05) is 10.7 Å². The molecule has 0 saturated carbocycles. The summed E-state index contributed by atoms with van der Waals surface area (Å²) in [5.41, 5.74) is 2.82. The van der Waals surface area contributed by atoms with Gasteiger partial charge in [0.25, 0.3) is 0 Å². The number of ether oxygens (including phenoxy) is 1. The molecule has 0 saturated heterocycles. The Kier molecular flexibility index (Phi) is 7.54. The van der Waals surface area contributed by atoms with E-state index in [1.807, 2.05) is 16.7 Å². The molecule has 3 aromatic heterocycles. The quantitative estimate of drug-likeness (QED) is 0.294. The lowest BCUT2D eigenvalue weighted by molar-refractivity contribution is 0.116. The summed E-state index contributed by atoms with van der Waals surface area (Å²) in [4.78, 5) is 8.52. The monoisotopic (exact) mass is 507 g/mol. The van der Waals surface area contributed by atoms with E-state index < -0.39 is 14.4 Å². The summed E-state index contributed by atoms with van der Waals surface area (Å²) in [6.45, 7) is 13.9. The Morgan fingerprint density at radius 3 is 2.32 bits per heavy atom. The van der Waals surface area contributed by atoms with Crippen LogP contribution in [0.2, 0.25) is 16.6 Å². The number of rotatable bonds is 9. The second kappa shape index (κ2) is 9.79. The van der Waals surface area contributed by atoms with Gasteiger partial charge in [-0.2, -0.15) is 0 Å². The van der Waals surface area contributed by atoms with Crippen LogP contribution in [0.25, 0.3) is 5.52 Å². The van der Waals surface area contributed by atoms with Gasteiger partial charge in [-0.3, -0.25) is 4.98 Å². The minimum Gasteiger partial charge on any atom is -0.479 e. The lowest BCUT2D eigenvalue weighted by Gasteiger charge is -2.42. The number of aromatic nitrogens is 3. The third kappa shape index (κ3) is 5.01. The predicted molar refractivity (Wildman–Crippen MR) is 127 cm³/mol. The average molecular weight is 509 g/mol. The summed E-state index contributed by atoms with van der Waals surface area (Å²) in [6, 6.07) is 4.98. The molecule has 3 heterocycles. The molecule has 0 N–H and O–H groups in total. The molecule has 5 nitrogen and oxygen atoms in total. The molecular formula is C23H31BrFN3O2Si. The largest absolute Gasteiger partial charge is 0.479 e. The van der Waals surface area contributed by atoms with Crippen LogP contribution in [0.5, 0.6) is 5.75 Å². The van der Waals surface area contributed by atoms with Crippen LogP contribution >= 0.6 is 15.9 Å². The molecule has 0 aliphatic rings. The Hall–Kier alpha value is -1.77. The van der Waals surface area contributed by atoms with Gasteiger partial charge < -0.3 is 13.6 Å². The lowest BCUT2D eigenvalue weighted by atomic mass is 10.2. The molecule has 3 rings (SSSR count). The van der Waals surface area contributed by atoms with E-state index in [1.165, 1.54) is 12.3 Å². The van der Waals surface area contributed by atoms with Crippen molar-refractivity contribution >= 4 is 29.8 Å². The summed E-state index contributed by atoms with van der Waals surface area (Å²) in [7, 11) is -2.11. The van der Waals surface area contributed by atoms with Crippen molar-refractivity contribution in [3.8, 4) is 5.75 Å². The molecule has 1 atom stereocenters. The molecule has 1 unspecified atom stereocenters.